The Morgan fingerprint density at radius 1 is 1.30 bits per heavy atom. The average molecular weight is 340 g/mol. The van der Waals surface area contributed by atoms with Gasteiger partial charge in [0, 0.05) is 23.3 Å². The van der Waals surface area contributed by atoms with Crippen molar-refractivity contribution in [1.82, 2.24) is 5.32 Å². The highest BCUT2D eigenvalue weighted by Gasteiger charge is 2.36. The number of sulfone groups is 1. The van der Waals surface area contributed by atoms with Gasteiger partial charge in [-0.25, -0.2) is 8.42 Å². The Hall–Kier alpha value is -0.940. The Labute approximate surface area is 140 Å². The van der Waals surface area contributed by atoms with Gasteiger partial charge in [0.2, 0.25) is 0 Å². The topological polar surface area (TPSA) is 63.2 Å². The molecule has 2 aliphatic carbocycles. The lowest BCUT2D eigenvalue weighted by Gasteiger charge is -2.29. The number of carbonyl (C=O) groups excluding carboxylic acids is 1. The molecule has 1 fully saturated rings. The van der Waals surface area contributed by atoms with Crippen LogP contribution in [-0.2, 0) is 14.6 Å². The van der Waals surface area contributed by atoms with E-state index in [4.69, 9.17) is 0 Å². The summed E-state index contributed by atoms with van der Waals surface area (Å²) in [5.74, 6) is 0.626. The Morgan fingerprint density at radius 2 is 2.00 bits per heavy atom. The van der Waals surface area contributed by atoms with Crippen LogP contribution >= 0.6 is 0 Å². The highest BCUT2D eigenvalue weighted by atomic mass is 32.2. The molecular weight excluding hydrogens is 310 g/mol. The summed E-state index contributed by atoms with van der Waals surface area (Å²) in [5, 5.41) is 2.97. The Kier molecular flexibility index (Phi) is 6.20. The van der Waals surface area contributed by atoms with Crippen LogP contribution in [0.2, 0.25) is 0 Å². The van der Waals surface area contributed by atoms with E-state index in [0.29, 0.717) is 24.3 Å². The molecule has 0 spiro atoms. The summed E-state index contributed by atoms with van der Waals surface area (Å²) in [7, 11) is -1.45. The van der Waals surface area contributed by atoms with E-state index in [1.807, 2.05) is 20.0 Å². The molecule has 0 radical (unpaired) electrons. The van der Waals surface area contributed by atoms with E-state index in [2.05, 4.69) is 5.32 Å². The fourth-order valence-corrected chi connectivity index (χ4v) is 5.52. The van der Waals surface area contributed by atoms with E-state index < -0.39 is 15.3 Å². The Balaban J connectivity index is 2.06. The molecule has 0 aromatic rings. The van der Waals surface area contributed by atoms with Gasteiger partial charge in [-0.1, -0.05) is 31.4 Å². The maximum absolute atomic E-state index is 12.8. The molecular formula is C18H29NO3S. The van der Waals surface area contributed by atoms with Crippen molar-refractivity contribution in [3.8, 4) is 0 Å². The fraction of sp³-hybridized carbons (Fsp3) is 0.722. The summed E-state index contributed by atoms with van der Waals surface area (Å²) in [5.41, 5.74) is -0.694. The van der Waals surface area contributed by atoms with Crippen LogP contribution in [0.1, 0.15) is 51.9 Å². The second kappa shape index (κ2) is 7.75. The Morgan fingerprint density at radius 3 is 2.65 bits per heavy atom. The van der Waals surface area contributed by atoms with Crippen molar-refractivity contribution < 1.29 is 13.2 Å². The molecule has 5 heteroatoms. The van der Waals surface area contributed by atoms with Gasteiger partial charge in [0.1, 0.15) is 5.78 Å². The summed E-state index contributed by atoms with van der Waals surface area (Å²) >= 11 is 0. The quantitative estimate of drug-likeness (QED) is 0.774. The van der Waals surface area contributed by atoms with Crippen molar-refractivity contribution in [1.29, 1.82) is 0 Å². The van der Waals surface area contributed by atoms with Gasteiger partial charge in [0.25, 0.3) is 0 Å². The summed E-state index contributed by atoms with van der Waals surface area (Å²) in [6.07, 6.45) is 11.5. The highest BCUT2D eigenvalue weighted by Crippen LogP contribution is 2.37. The van der Waals surface area contributed by atoms with Crippen LogP contribution in [0.15, 0.2) is 23.1 Å². The normalized spacial score (nSPS) is 26.1. The van der Waals surface area contributed by atoms with Crippen LogP contribution in [-0.4, -0.2) is 33.5 Å². The number of rotatable bonds is 7. The van der Waals surface area contributed by atoms with Gasteiger partial charge in [-0.05, 0) is 45.2 Å². The van der Waals surface area contributed by atoms with Crippen LogP contribution in [0.5, 0.6) is 0 Å². The smallest absolute Gasteiger partial charge is 0.174 e. The minimum Gasteiger partial charge on any atom is -0.319 e. The van der Waals surface area contributed by atoms with Crippen molar-refractivity contribution in [3.63, 3.8) is 0 Å². The summed E-state index contributed by atoms with van der Waals surface area (Å²) in [6.45, 7) is 2.47. The molecule has 0 amide bonds. The molecule has 2 rings (SSSR count). The summed E-state index contributed by atoms with van der Waals surface area (Å²) < 4.78 is 25.5. The zero-order valence-corrected chi connectivity index (χ0v) is 15.1. The van der Waals surface area contributed by atoms with Crippen molar-refractivity contribution in [3.05, 3.63) is 23.1 Å². The number of hydrogen-bond acceptors (Lipinski definition) is 4. The maximum Gasteiger partial charge on any atom is 0.174 e. The third kappa shape index (κ3) is 4.77. The van der Waals surface area contributed by atoms with Gasteiger partial charge >= 0.3 is 0 Å². The second-order valence-corrected chi connectivity index (χ2v) is 9.24. The van der Waals surface area contributed by atoms with Crippen molar-refractivity contribution >= 4 is 15.6 Å². The highest BCUT2D eigenvalue weighted by molar-refractivity contribution is 7.95. The van der Waals surface area contributed by atoms with Gasteiger partial charge in [-0.2, -0.15) is 0 Å². The molecule has 1 N–H and O–H groups in total. The van der Waals surface area contributed by atoms with E-state index in [1.165, 1.54) is 6.42 Å². The van der Waals surface area contributed by atoms with Crippen molar-refractivity contribution in [2.24, 2.45) is 11.3 Å². The zero-order chi connectivity index (χ0) is 16.9. The van der Waals surface area contributed by atoms with Crippen LogP contribution in [0, 0.1) is 11.3 Å². The van der Waals surface area contributed by atoms with Crippen molar-refractivity contribution in [2.75, 3.05) is 19.3 Å². The third-order valence-electron chi connectivity index (χ3n) is 5.11. The maximum atomic E-state index is 12.8. The van der Waals surface area contributed by atoms with Gasteiger partial charge in [-0.3, -0.25) is 4.79 Å². The van der Waals surface area contributed by atoms with E-state index in [-0.39, 0.29) is 17.5 Å². The van der Waals surface area contributed by atoms with Gasteiger partial charge in [0.05, 0.1) is 5.75 Å². The molecule has 0 aromatic heterocycles. The first-order valence-corrected chi connectivity index (χ1v) is 10.3. The van der Waals surface area contributed by atoms with E-state index >= 15 is 0 Å². The number of nitrogens with one attached hydrogen (secondary N) is 1. The van der Waals surface area contributed by atoms with Gasteiger partial charge in [0.15, 0.2) is 9.84 Å². The largest absolute Gasteiger partial charge is 0.319 e. The van der Waals surface area contributed by atoms with Crippen molar-refractivity contribution in [2.45, 2.75) is 51.9 Å². The number of ketones is 1. The lowest BCUT2D eigenvalue weighted by Crippen LogP contribution is -2.32. The van der Waals surface area contributed by atoms with Gasteiger partial charge < -0.3 is 5.32 Å². The lowest BCUT2D eigenvalue weighted by atomic mass is 9.78. The predicted molar refractivity (Wildman–Crippen MR) is 93.9 cm³/mol. The number of allylic oxidation sites excluding steroid dienone is 4. The standard InChI is InChI=1S/C18H29NO3S/c1-18(17(20)10-12-19-2)11-6-9-16(13-18)23(21,22)14-15-7-4-3-5-8-15/h6,9,11,15,19H,3-5,7-8,10,12-14H2,1-2H3. The van der Waals surface area contributed by atoms with E-state index in [1.54, 1.807) is 12.2 Å². The molecule has 0 saturated heterocycles. The minimum atomic E-state index is -3.27. The molecule has 0 aliphatic heterocycles. The first-order chi connectivity index (χ1) is 10.9. The average Bonchev–Trinajstić information content (AvgIpc) is 2.53. The lowest BCUT2D eigenvalue weighted by molar-refractivity contribution is -0.125. The van der Waals surface area contributed by atoms with Crippen LogP contribution in [0.4, 0.5) is 0 Å². The molecule has 23 heavy (non-hydrogen) atoms. The molecule has 4 nitrogen and oxygen atoms in total. The fourth-order valence-electron chi connectivity index (χ4n) is 3.55. The number of Topliss-reactive ketones (excluding diaryl/α,β-unsaturated/α-hetero) is 1. The van der Waals surface area contributed by atoms with Gasteiger partial charge in [-0.15, -0.1) is 0 Å². The van der Waals surface area contributed by atoms with E-state index in [0.717, 1.165) is 25.7 Å². The minimum absolute atomic E-state index is 0.0987. The van der Waals surface area contributed by atoms with Crippen LogP contribution in [0.3, 0.4) is 0 Å². The summed E-state index contributed by atoms with van der Waals surface area (Å²) in [6, 6.07) is 0. The van der Waals surface area contributed by atoms with Crippen LogP contribution in [0.25, 0.3) is 0 Å². The van der Waals surface area contributed by atoms with E-state index in [9.17, 15) is 13.2 Å². The molecule has 130 valence electrons. The molecule has 2 aliphatic rings. The molecule has 1 saturated carbocycles. The molecule has 0 bridgehead atoms. The first-order valence-electron chi connectivity index (χ1n) is 8.66. The monoisotopic (exact) mass is 339 g/mol. The summed E-state index contributed by atoms with van der Waals surface area (Å²) in [4.78, 5) is 12.9. The molecule has 0 aromatic carbocycles. The molecule has 1 atom stereocenters. The first kappa shape index (κ1) is 18.4. The Bertz CT molecular complexity index is 585. The molecule has 1 unspecified atom stereocenters. The number of hydrogen-bond donors (Lipinski definition) is 1. The van der Waals surface area contributed by atoms with Crippen LogP contribution < -0.4 is 5.32 Å². The third-order valence-corrected chi connectivity index (χ3v) is 7.10. The molecule has 0 heterocycles. The zero-order valence-electron chi connectivity index (χ0n) is 14.3. The second-order valence-electron chi connectivity index (χ2n) is 7.15. The number of carbonyl (C=O) groups is 1. The SMILES string of the molecule is CNCCC(=O)C1(C)C=CC=C(S(=O)(=O)CC2CCCCC2)C1. The predicted octanol–water partition coefficient (Wildman–Crippen LogP) is 3.01.